The van der Waals surface area contributed by atoms with Crippen molar-refractivity contribution in [2.75, 3.05) is 18.5 Å². The van der Waals surface area contributed by atoms with Crippen molar-refractivity contribution >= 4 is 5.69 Å². The molecule has 0 amide bonds. The predicted molar refractivity (Wildman–Crippen MR) is 63.7 cm³/mol. The Hall–Kier alpha value is -1.18. The van der Waals surface area contributed by atoms with Crippen molar-refractivity contribution in [2.45, 2.75) is 32.3 Å². The van der Waals surface area contributed by atoms with Gasteiger partial charge in [-0.2, -0.15) is 0 Å². The highest BCUT2D eigenvalue weighted by atomic mass is 16.5. The minimum Gasteiger partial charge on any atom is -0.486 e. The number of rotatable bonds is 3. The molecular weight excluding hydrogens is 186 g/mol. The second-order valence-corrected chi connectivity index (χ2v) is 4.23. The van der Waals surface area contributed by atoms with E-state index in [2.05, 4.69) is 37.1 Å². The largest absolute Gasteiger partial charge is 0.486 e. The summed E-state index contributed by atoms with van der Waals surface area (Å²) in [7, 11) is 2.14. The minimum absolute atomic E-state index is 0.366. The van der Waals surface area contributed by atoms with Gasteiger partial charge in [-0.15, -0.1) is 0 Å². The second kappa shape index (κ2) is 4.56. The van der Waals surface area contributed by atoms with Crippen LogP contribution in [0.5, 0.6) is 5.75 Å². The summed E-state index contributed by atoms with van der Waals surface area (Å²) >= 11 is 0. The molecule has 0 fully saturated rings. The van der Waals surface area contributed by atoms with Crippen LogP contribution in [-0.4, -0.2) is 19.7 Å². The smallest absolute Gasteiger partial charge is 0.143 e. The highest BCUT2D eigenvalue weighted by molar-refractivity contribution is 5.59. The maximum Gasteiger partial charge on any atom is 0.143 e. The Balaban J connectivity index is 2.08. The Kier molecular flexibility index (Phi) is 3.14. The number of unbranched alkanes of at least 4 members (excludes halogenated alkanes) is 1. The molecule has 2 nitrogen and oxygen atoms in total. The van der Waals surface area contributed by atoms with Crippen LogP contribution in [0.15, 0.2) is 24.3 Å². The lowest BCUT2D eigenvalue weighted by Gasteiger charge is -2.33. The van der Waals surface area contributed by atoms with E-state index in [9.17, 15) is 0 Å². The monoisotopic (exact) mass is 205 g/mol. The van der Waals surface area contributed by atoms with Gasteiger partial charge in [0.05, 0.1) is 12.2 Å². The van der Waals surface area contributed by atoms with E-state index in [0.29, 0.717) is 6.10 Å². The van der Waals surface area contributed by atoms with Gasteiger partial charge >= 0.3 is 0 Å². The van der Waals surface area contributed by atoms with Gasteiger partial charge in [-0.1, -0.05) is 25.5 Å². The molecule has 15 heavy (non-hydrogen) atoms. The lowest BCUT2D eigenvalue weighted by molar-refractivity contribution is 0.183. The van der Waals surface area contributed by atoms with Crippen molar-refractivity contribution in [1.29, 1.82) is 0 Å². The number of hydrogen-bond donors (Lipinski definition) is 0. The molecule has 1 atom stereocenters. The third kappa shape index (κ3) is 2.25. The molecular formula is C13H19NO. The first-order valence-corrected chi connectivity index (χ1v) is 5.78. The van der Waals surface area contributed by atoms with Crippen LogP contribution in [0.4, 0.5) is 5.69 Å². The van der Waals surface area contributed by atoms with Gasteiger partial charge in [0.25, 0.3) is 0 Å². The first-order chi connectivity index (χ1) is 7.31. The van der Waals surface area contributed by atoms with Gasteiger partial charge in [0.1, 0.15) is 11.9 Å². The molecule has 2 heteroatoms. The average molecular weight is 205 g/mol. The molecule has 0 saturated heterocycles. The first kappa shape index (κ1) is 10.3. The summed E-state index contributed by atoms with van der Waals surface area (Å²) in [4.78, 5) is 2.29. The SMILES string of the molecule is CCCC[C@@H]1CN(C)c2ccccc2O1. The van der Waals surface area contributed by atoms with Crippen molar-refractivity contribution in [3.63, 3.8) is 0 Å². The van der Waals surface area contributed by atoms with Crippen LogP contribution in [0.3, 0.4) is 0 Å². The molecule has 0 N–H and O–H groups in total. The molecule has 1 aliphatic rings. The lowest BCUT2D eigenvalue weighted by atomic mass is 10.1. The van der Waals surface area contributed by atoms with Crippen molar-refractivity contribution in [2.24, 2.45) is 0 Å². The van der Waals surface area contributed by atoms with E-state index in [1.165, 1.54) is 18.5 Å². The molecule has 1 aromatic carbocycles. The van der Waals surface area contributed by atoms with E-state index < -0.39 is 0 Å². The molecule has 2 rings (SSSR count). The molecule has 0 aliphatic carbocycles. The van der Waals surface area contributed by atoms with Crippen LogP contribution in [0.1, 0.15) is 26.2 Å². The number of likely N-dealkylation sites (N-methyl/N-ethyl adjacent to an activating group) is 1. The van der Waals surface area contributed by atoms with E-state index >= 15 is 0 Å². The van der Waals surface area contributed by atoms with Gasteiger partial charge in [-0.25, -0.2) is 0 Å². The molecule has 1 aromatic rings. The van der Waals surface area contributed by atoms with Crippen molar-refractivity contribution in [3.05, 3.63) is 24.3 Å². The topological polar surface area (TPSA) is 12.5 Å². The minimum atomic E-state index is 0.366. The number of nitrogens with zero attached hydrogens (tertiary/aromatic N) is 1. The highest BCUT2D eigenvalue weighted by Crippen LogP contribution is 2.32. The summed E-state index contributed by atoms with van der Waals surface area (Å²) in [6.45, 7) is 3.23. The summed E-state index contributed by atoms with van der Waals surface area (Å²) in [5.74, 6) is 1.03. The number of hydrogen-bond acceptors (Lipinski definition) is 2. The van der Waals surface area contributed by atoms with Crippen LogP contribution in [0.2, 0.25) is 0 Å². The maximum absolute atomic E-state index is 5.96. The highest BCUT2D eigenvalue weighted by Gasteiger charge is 2.21. The summed E-state index contributed by atoms with van der Waals surface area (Å²) in [6.07, 6.45) is 4.02. The fourth-order valence-corrected chi connectivity index (χ4v) is 2.07. The summed E-state index contributed by atoms with van der Waals surface area (Å²) in [5.41, 5.74) is 1.21. The normalized spacial score (nSPS) is 19.6. The fourth-order valence-electron chi connectivity index (χ4n) is 2.07. The molecule has 0 spiro atoms. The third-order valence-corrected chi connectivity index (χ3v) is 2.93. The molecule has 0 bridgehead atoms. The van der Waals surface area contributed by atoms with Gasteiger partial charge < -0.3 is 9.64 Å². The zero-order valence-corrected chi connectivity index (χ0v) is 9.57. The van der Waals surface area contributed by atoms with E-state index in [0.717, 1.165) is 18.7 Å². The van der Waals surface area contributed by atoms with Gasteiger partial charge in [0.2, 0.25) is 0 Å². The number of para-hydroxylation sites is 2. The molecule has 82 valence electrons. The van der Waals surface area contributed by atoms with Crippen molar-refractivity contribution in [1.82, 2.24) is 0 Å². The van der Waals surface area contributed by atoms with Crippen LogP contribution >= 0.6 is 0 Å². The summed E-state index contributed by atoms with van der Waals surface area (Å²) in [6, 6.07) is 8.27. The Morgan fingerprint density at radius 1 is 1.40 bits per heavy atom. The molecule has 0 saturated carbocycles. The zero-order chi connectivity index (χ0) is 10.7. The lowest BCUT2D eigenvalue weighted by Crippen LogP contribution is -2.37. The molecule has 0 radical (unpaired) electrons. The molecule has 0 aromatic heterocycles. The van der Waals surface area contributed by atoms with Crippen LogP contribution < -0.4 is 9.64 Å². The molecule has 1 heterocycles. The molecule has 0 unspecified atom stereocenters. The summed E-state index contributed by atoms with van der Waals surface area (Å²) in [5, 5.41) is 0. The zero-order valence-electron chi connectivity index (χ0n) is 9.57. The Labute approximate surface area is 91.9 Å². The fraction of sp³-hybridized carbons (Fsp3) is 0.538. The van der Waals surface area contributed by atoms with Crippen LogP contribution in [0, 0.1) is 0 Å². The van der Waals surface area contributed by atoms with E-state index in [-0.39, 0.29) is 0 Å². The Morgan fingerprint density at radius 3 is 3.00 bits per heavy atom. The first-order valence-electron chi connectivity index (χ1n) is 5.78. The standard InChI is InChI=1S/C13H19NO/c1-3-4-7-11-10-14(2)12-8-5-6-9-13(12)15-11/h5-6,8-9,11H,3-4,7,10H2,1-2H3/t11-/m1/s1. The quantitative estimate of drug-likeness (QED) is 0.752. The van der Waals surface area contributed by atoms with E-state index in [1.54, 1.807) is 0 Å². The van der Waals surface area contributed by atoms with Gasteiger partial charge in [-0.05, 0) is 25.0 Å². The van der Waals surface area contributed by atoms with Gasteiger partial charge in [0.15, 0.2) is 0 Å². The summed E-state index contributed by atoms with van der Waals surface area (Å²) < 4.78 is 5.96. The van der Waals surface area contributed by atoms with Crippen LogP contribution in [0.25, 0.3) is 0 Å². The van der Waals surface area contributed by atoms with Crippen LogP contribution in [-0.2, 0) is 0 Å². The number of benzene rings is 1. The second-order valence-electron chi connectivity index (χ2n) is 4.23. The van der Waals surface area contributed by atoms with Gasteiger partial charge in [-0.3, -0.25) is 0 Å². The Morgan fingerprint density at radius 2 is 2.20 bits per heavy atom. The Bertz CT molecular complexity index is 324. The average Bonchev–Trinajstić information content (AvgIpc) is 2.26. The number of fused-ring (bicyclic) bond motifs is 1. The number of anilines is 1. The van der Waals surface area contributed by atoms with Gasteiger partial charge in [0, 0.05) is 7.05 Å². The van der Waals surface area contributed by atoms with Crippen molar-refractivity contribution < 1.29 is 4.74 Å². The number of ether oxygens (including phenoxy) is 1. The maximum atomic E-state index is 5.96. The third-order valence-electron chi connectivity index (χ3n) is 2.93. The van der Waals surface area contributed by atoms with Crippen molar-refractivity contribution in [3.8, 4) is 5.75 Å². The van der Waals surface area contributed by atoms with E-state index in [4.69, 9.17) is 4.74 Å². The predicted octanol–water partition coefficient (Wildman–Crippen LogP) is 3.07. The molecule has 1 aliphatic heterocycles. The van der Waals surface area contributed by atoms with E-state index in [1.807, 2.05) is 6.07 Å².